The summed E-state index contributed by atoms with van der Waals surface area (Å²) >= 11 is 3.45. The van der Waals surface area contributed by atoms with Crippen LogP contribution in [-0.4, -0.2) is 45.9 Å². The standard InChI is InChI=1S/C16H23BrN2O3.ClH/c1-21-11-8-18-12-15(20)19-16(6-9-22-10-7-16)13-2-4-14(17)5-3-13;/h2-5,18H,6-12H2,1H3,(H,19,20);1H. The quantitative estimate of drug-likeness (QED) is 0.681. The minimum atomic E-state index is -0.334. The van der Waals surface area contributed by atoms with Gasteiger partial charge in [0, 0.05) is 31.3 Å². The average molecular weight is 408 g/mol. The summed E-state index contributed by atoms with van der Waals surface area (Å²) < 4.78 is 11.5. The van der Waals surface area contributed by atoms with Gasteiger partial charge in [-0.15, -0.1) is 12.4 Å². The molecule has 0 unspecified atom stereocenters. The number of benzene rings is 1. The van der Waals surface area contributed by atoms with Crippen molar-refractivity contribution >= 4 is 34.2 Å². The Labute approximate surface area is 152 Å². The minimum absolute atomic E-state index is 0. The van der Waals surface area contributed by atoms with Gasteiger partial charge in [-0.25, -0.2) is 0 Å². The molecule has 1 saturated heterocycles. The first-order chi connectivity index (χ1) is 10.7. The lowest BCUT2D eigenvalue weighted by molar-refractivity contribution is -0.123. The number of nitrogens with one attached hydrogen (secondary N) is 2. The second kappa shape index (κ2) is 10.3. The van der Waals surface area contributed by atoms with E-state index in [1.807, 2.05) is 12.1 Å². The van der Waals surface area contributed by atoms with Crippen LogP contribution < -0.4 is 10.6 Å². The molecular formula is C16H24BrClN2O3. The third-order valence-electron chi connectivity index (χ3n) is 3.89. The first kappa shape index (κ1) is 20.4. The molecule has 2 rings (SSSR count). The highest BCUT2D eigenvalue weighted by Crippen LogP contribution is 2.32. The maximum atomic E-state index is 12.3. The van der Waals surface area contributed by atoms with Gasteiger partial charge >= 0.3 is 0 Å². The fraction of sp³-hybridized carbons (Fsp3) is 0.562. The summed E-state index contributed by atoms with van der Waals surface area (Å²) in [5.41, 5.74) is 0.795. The molecule has 1 heterocycles. The molecule has 0 aromatic heterocycles. The first-order valence-electron chi connectivity index (χ1n) is 7.51. The van der Waals surface area contributed by atoms with Crippen LogP contribution in [0.5, 0.6) is 0 Å². The molecule has 1 aliphatic rings. The van der Waals surface area contributed by atoms with Crippen LogP contribution in [0, 0.1) is 0 Å². The zero-order chi connectivity index (χ0) is 15.8. The second-order valence-corrected chi connectivity index (χ2v) is 6.33. The van der Waals surface area contributed by atoms with Crippen LogP contribution >= 0.6 is 28.3 Å². The van der Waals surface area contributed by atoms with Gasteiger partial charge in [0.1, 0.15) is 0 Å². The van der Waals surface area contributed by atoms with Crippen LogP contribution in [0.2, 0.25) is 0 Å². The third-order valence-corrected chi connectivity index (χ3v) is 4.42. The van der Waals surface area contributed by atoms with Crippen molar-refractivity contribution in [3.8, 4) is 0 Å². The van der Waals surface area contributed by atoms with Gasteiger partial charge in [-0.2, -0.15) is 0 Å². The molecule has 1 aromatic carbocycles. The van der Waals surface area contributed by atoms with Gasteiger partial charge in [0.2, 0.25) is 5.91 Å². The van der Waals surface area contributed by atoms with Crippen LogP contribution in [0.4, 0.5) is 0 Å². The summed E-state index contributed by atoms with van der Waals surface area (Å²) in [6.07, 6.45) is 1.58. The van der Waals surface area contributed by atoms with E-state index in [0.717, 1.165) is 22.9 Å². The monoisotopic (exact) mass is 406 g/mol. The normalized spacial score (nSPS) is 16.4. The van der Waals surface area contributed by atoms with Crippen LogP contribution in [0.25, 0.3) is 0 Å². The molecule has 1 aromatic rings. The lowest BCUT2D eigenvalue weighted by Crippen LogP contribution is -2.51. The van der Waals surface area contributed by atoms with Crippen molar-refractivity contribution in [1.29, 1.82) is 0 Å². The molecule has 0 spiro atoms. The summed E-state index contributed by atoms with van der Waals surface area (Å²) in [6, 6.07) is 8.15. The molecule has 1 aliphatic heterocycles. The van der Waals surface area contributed by atoms with E-state index in [1.54, 1.807) is 7.11 Å². The number of halogens is 2. The Hall–Kier alpha value is -0.660. The molecular weight excluding hydrogens is 384 g/mol. The van der Waals surface area contributed by atoms with Crippen molar-refractivity contribution in [2.45, 2.75) is 18.4 Å². The molecule has 0 atom stereocenters. The van der Waals surface area contributed by atoms with Crippen LogP contribution in [0.1, 0.15) is 18.4 Å². The van der Waals surface area contributed by atoms with E-state index >= 15 is 0 Å². The Balaban J connectivity index is 0.00000264. The fourth-order valence-electron chi connectivity index (χ4n) is 2.66. The average Bonchev–Trinajstić information content (AvgIpc) is 2.53. The number of amides is 1. The van der Waals surface area contributed by atoms with Gasteiger partial charge in [0.25, 0.3) is 0 Å². The lowest BCUT2D eigenvalue weighted by atomic mass is 9.82. The van der Waals surface area contributed by atoms with Crippen LogP contribution in [0.3, 0.4) is 0 Å². The molecule has 7 heteroatoms. The van der Waals surface area contributed by atoms with E-state index in [2.05, 4.69) is 38.7 Å². The molecule has 1 amide bonds. The van der Waals surface area contributed by atoms with Crippen molar-refractivity contribution in [3.63, 3.8) is 0 Å². The highest BCUT2D eigenvalue weighted by atomic mass is 79.9. The van der Waals surface area contributed by atoms with Crippen molar-refractivity contribution < 1.29 is 14.3 Å². The zero-order valence-electron chi connectivity index (χ0n) is 13.3. The molecule has 130 valence electrons. The van der Waals surface area contributed by atoms with Crippen molar-refractivity contribution in [3.05, 3.63) is 34.3 Å². The fourth-order valence-corrected chi connectivity index (χ4v) is 2.93. The molecule has 0 saturated carbocycles. The summed E-state index contributed by atoms with van der Waals surface area (Å²) in [6.45, 7) is 2.88. The number of rotatable bonds is 7. The predicted octanol–water partition coefficient (Wildman–Crippen LogP) is 2.23. The Morgan fingerprint density at radius 3 is 2.57 bits per heavy atom. The number of hydrogen-bond acceptors (Lipinski definition) is 4. The zero-order valence-corrected chi connectivity index (χ0v) is 15.7. The summed E-state index contributed by atoms with van der Waals surface area (Å²) in [4.78, 5) is 12.3. The van der Waals surface area contributed by atoms with E-state index in [9.17, 15) is 4.79 Å². The first-order valence-corrected chi connectivity index (χ1v) is 8.30. The second-order valence-electron chi connectivity index (χ2n) is 5.42. The topological polar surface area (TPSA) is 59.6 Å². The molecule has 0 aliphatic carbocycles. The Bertz CT molecular complexity index is 479. The predicted molar refractivity (Wildman–Crippen MR) is 96.0 cm³/mol. The number of carbonyl (C=O) groups excluding carboxylic acids is 1. The van der Waals surface area contributed by atoms with Crippen LogP contribution in [-0.2, 0) is 19.8 Å². The number of carbonyl (C=O) groups is 1. The van der Waals surface area contributed by atoms with Crippen molar-refractivity contribution in [2.24, 2.45) is 0 Å². The van der Waals surface area contributed by atoms with Crippen LogP contribution in [0.15, 0.2) is 28.7 Å². The molecule has 0 bridgehead atoms. The van der Waals surface area contributed by atoms with Gasteiger partial charge in [-0.1, -0.05) is 28.1 Å². The van der Waals surface area contributed by atoms with E-state index in [-0.39, 0.29) is 23.9 Å². The SMILES string of the molecule is COCCNCC(=O)NC1(c2ccc(Br)cc2)CCOCC1.Cl. The lowest BCUT2D eigenvalue weighted by Gasteiger charge is -2.38. The Morgan fingerprint density at radius 2 is 1.96 bits per heavy atom. The van der Waals surface area contributed by atoms with Gasteiger partial charge in [-0.3, -0.25) is 4.79 Å². The van der Waals surface area contributed by atoms with E-state index < -0.39 is 0 Å². The van der Waals surface area contributed by atoms with E-state index in [1.165, 1.54) is 0 Å². The van der Waals surface area contributed by atoms with Crippen molar-refractivity contribution in [2.75, 3.05) is 40.0 Å². The molecule has 0 radical (unpaired) electrons. The van der Waals surface area contributed by atoms with E-state index in [0.29, 0.717) is 32.9 Å². The Morgan fingerprint density at radius 1 is 1.30 bits per heavy atom. The van der Waals surface area contributed by atoms with Gasteiger partial charge in [0.05, 0.1) is 18.7 Å². The largest absolute Gasteiger partial charge is 0.383 e. The molecule has 2 N–H and O–H groups in total. The molecule has 23 heavy (non-hydrogen) atoms. The molecule has 5 nitrogen and oxygen atoms in total. The number of methoxy groups -OCH3 is 1. The maximum Gasteiger partial charge on any atom is 0.234 e. The third kappa shape index (κ3) is 6.04. The van der Waals surface area contributed by atoms with E-state index in [4.69, 9.17) is 9.47 Å². The van der Waals surface area contributed by atoms with Gasteiger partial charge in [-0.05, 0) is 30.5 Å². The van der Waals surface area contributed by atoms with Crippen molar-refractivity contribution in [1.82, 2.24) is 10.6 Å². The molecule has 1 fully saturated rings. The smallest absolute Gasteiger partial charge is 0.234 e. The number of hydrogen-bond donors (Lipinski definition) is 2. The summed E-state index contributed by atoms with van der Waals surface area (Å²) in [5.74, 6) is 0.000854. The Kier molecular flexibility index (Phi) is 9.09. The summed E-state index contributed by atoms with van der Waals surface area (Å²) in [7, 11) is 1.65. The summed E-state index contributed by atoms with van der Waals surface area (Å²) in [5, 5.41) is 6.29. The highest BCUT2D eigenvalue weighted by molar-refractivity contribution is 9.10. The maximum absolute atomic E-state index is 12.3. The van der Waals surface area contributed by atoms with Gasteiger partial charge < -0.3 is 20.1 Å². The number of ether oxygens (including phenoxy) is 2. The highest BCUT2D eigenvalue weighted by Gasteiger charge is 2.35. The minimum Gasteiger partial charge on any atom is -0.383 e. The van der Waals surface area contributed by atoms with Gasteiger partial charge in [0.15, 0.2) is 0 Å².